The van der Waals surface area contributed by atoms with E-state index in [9.17, 15) is 5.11 Å². The van der Waals surface area contributed by atoms with E-state index in [0.29, 0.717) is 5.69 Å². The van der Waals surface area contributed by atoms with E-state index in [4.69, 9.17) is 4.98 Å². The summed E-state index contributed by atoms with van der Waals surface area (Å²) in [6.07, 6.45) is 1.86. The molecule has 180 valence electrons. The Morgan fingerprint density at radius 3 is 2.36 bits per heavy atom. The summed E-state index contributed by atoms with van der Waals surface area (Å²) in [5, 5.41) is 15.1. The Bertz CT molecular complexity index is 1700. The molecule has 0 atom stereocenters. The number of para-hydroxylation sites is 3. The molecule has 4 nitrogen and oxygen atoms in total. The normalized spacial score (nSPS) is 11.5. The first kappa shape index (κ1) is 24.2. The number of nitrogens with zero attached hydrogens (tertiary/aromatic N) is 3. The molecule has 0 spiro atoms. The van der Waals surface area contributed by atoms with E-state index in [2.05, 4.69) is 72.7 Å². The number of hydrogen-bond acceptors (Lipinski definition) is 3. The summed E-state index contributed by atoms with van der Waals surface area (Å²) in [6.45, 7) is 4.61. The van der Waals surface area contributed by atoms with Gasteiger partial charge in [-0.2, -0.15) is 0 Å². The molecule has 1 N–H and O–H groups in total. The summed E-state index contributed by atoms with van der Waals surface area (Å²) in [5.74, 6) is 0.221. The molecule has 6 aromatic rings. The van der Waals surface area contributed by atoms with E-state index in [1.165, 1.54) is 5.19 Å². The monoisotopic (exact) mass is 665 g/mol. The van der Waals surface area contributed by atoms with E-state index < -0.39 is 8.07 Å². The fourth-order valence-electron chi connectivity index (χ4n) is 4.74. The van der Waals surface area contributed by atoms with Crippen LogP contribution in [0.3, 0.4) is 0 Å². The Kier molecular flexibility index (Phi) is 6.37. The summed E-state index contributed by atoms with van der Waals surface area (Å²) in [4.78, 5) is 9.76. The van der Waals surface area contributed by atoms with Crippen LogP contribution in [0.15, 0.2) is 103 Å². The van der Waals surface area contributed by atoms with Crippen LogP contribution >= 0.6 is 0 Å². The van der Waals surface area contributed by atoms with Crippen LogP contribution in [0, 0.1) is 6.07 Å². The predicted octanol–water partition coefficient (Wildman–Crippen LogP) is 5.57. The maximum absolute atomic E-state index is 10.7. The van der Waals surface area contributed by atoms with Gasteiger partial charge in [-0.25, -0.2) is 0 Å². The van der Waals surface area contributed by atoms with Gasteiger partial charge in [-0.1, -0.05) is 61.6 Å². The Morgan fingerprint density at radius 1 is 0.778 bits per heavy atom. The summed E-state index contributed by atoms with van der Waals surface area (Å²) < 4.78 is 2.04. The smallest absolute Gasteiger partial charge is 0.139 e. The number of pyridine rings is 2. The van der Waals surface area contributed by atoms with Crippen molar-refractivity contribution in [2.24, 2.45) is 0 Å². The van der Waals surface area contributed by atoms with Crippen LogP contribution in [-0.4, -0.2) is 27.7 Å². The molecule has 0 bridgehead atoms. The number of aromatic nitrogens is 3. The van der Waals surface area contributed by atoms with Crippen LogP contribution in [0.5, 0.6) is 5.75 Å². The molecule has 3 heterocycles. The van der Waals surface area contributed by atoms with E-state index in [0.717, 1.165) is 38.5 Å². The van der Waals surface area contributed by atoms with Gasteiger partial charge in [-0.15, -0.1) is 35.0 Å². The van der Waals surface area contributed by atoms with Crippen molar-refractivity contribution < 1.29 is 26.2 Å². The molecule has 0 aliphatic carbocycles. The molecule has 0 aliphatic rings. The van der Waals surface area contributed by atoms with Gasteiger partial charge in [0, 0.05) is 43.4 Å². The fraction of sp³-hybridized carbons (Fsp3) is 0.0667. The Labute approximate surface area is 225 Å². The van der Waals surface area contributed by atoms with E-state index in [1.807, 2.05) is 53.2 Å². The Balaban J connectivity index is 0.00000267. The first-order valence-corrected chi connectivity index (χ1v) is 14.7. The summed E-state index contributed by atoms with van der Waals surface area (Å²) in [6, 6.07) is 35.9. The van der Waals surface area contributed by atoms with Crippen LogP contribution in [0.2, 0.25) is 13.1 Å². The van der Waals surface area contributed by atoms with Crippen molar-refractivity contribution in [2.75, 3.05) is 0 Å². The molecule has 0 amide bonds. The first-order chi connectivity index (χ1) is 17.0. The second-order valence-corrected chi connectivity index (χ2v) is 13.5. The molecule has 0 unspecified atom stereocenters. The number of fused-ring (bicyclic) bond motifs is 3. The molecule has 36 heavy (non-hydrogen) atoms. The summed E-state index contributed by atoms with van der Waals surface area (Å²) in [5.41, 5.74) is 4.34. The topological polar surface area (TPSA) is 50.9 Å². The average molecular weight is 666 g/mol. The van der Waals surface area contributed by atoms with Crippen LogP contribution in [0.4, 0.5) is 0 Å². The van der Waals surface area contributed by atoms with Gasteiger partial charge in [0.2, 0.25) is 0 Å². The number of phenols is 1. The summed E-state index contributed by atoms with van der Waals surface area (Å²) in [7, 11) is -2.00. The van der Waals surface area contributed by atoms with Crippen LogP contribution in [0.1, 0.15) is 0 Å². The Morgan fingerprint density at radius 2 is 1.56 bits per heavy atom. The molecular formula is C30H24N3OPtSi-. The van der Waals surface area contributed by atoms with Crippen molar-refractivity contribution in [1.29, 1.82) is 0 Å². The standard InChI is InChI=1S/C30H24N3OSi.Pt/c1-35(2,29-16-7-8-19-31-29)22-11-9-10-21(20-22)25-18-17-24-23-12-3-4-13-26(23)33(30(24)32-25)27-14-5-6-15-28(27)34;/h3-19,34H,1-2H3;/q-1;. The quantitative estimate of drug-likeness (QED) is 0.198. The maximum Gasteiger partial charge on any atom is 0.139 e. The minimum absolute atomic E-state index is 0. The predicted molar refractivity (Wildman–Crippen MR) is 145 cm³/mol. The molecule has 0 saturated carbocycles. The minimum Gasteiger partial charge on any atom is -0.506 e. The van der Waals surface area contributed by atoms with Crippen molar-refractivity contribution in [2.45, 2.75) is 13.1 Å². The van der Waals surface area contributed by atoms with Crippen LogP contribution in [-0.2, 0) is 21.1 Å². The fourth-order valence-corrected chi connectivity index (χ4v) is 6.89. The molecule has 3 aromatic carbocycles. The molecule has 0 radical (unpaired) electrons. The minimum atomic E-state index is -2.00. The van der Waals surface area contributed by atoms with Crippen molar-refractivity contribution in [1.82, 2.24) is 14.5 Å². The second-order valence-electron chi connectivity index (χ2n) is 9.23. The largest absolute Gasteiger partial charge is 0.506 e. The molecule has 3 aromatic heterocycles. The third kappa shape index (κ3) is 3.99. The van der Waals surface area contributed by atoms with Gasteiger partial charge in [0.1, 0.15) is 19.5 Å². The molecular weight excluding hydrogens is 642 g/mol. The molecule has 0 fully saturated rings. The van der Waals surface area contributed by atoms with Gasteiger partial charge in [0.15, 0.2) is 0 Å². The van der Waals surface area contributed by atoms with Gasteiger partial charge in [0.05, 0.1) is 11.2 Å². The summed E-state index contributed by atoms with van der Waals surface area (Å²) >= 11 is 0. The Hall–Kier alpha value is -3.53. The van der Waals surface area contributed by atoms with Crippen molar-refractivity contribution in [3.63, 3.8) is 0 Å². The number of rotatable bonds is 4. The van der Waals surface area contributed by atoms with Gasteiger partial charge >= 0.3 is 0 Å². The van der Waals surface area contributed by atoms with Crippen molar-refractivity contribution in [3.05, 3.63) is 109 Å². The zero-order valence-corrected chi connectivity index (χ0v) is 23.2. The van der Waals surface area contributed by atoms with Gasteiger partial charge < -0.3 is 5.11 Å². The number of phenolic OH excluding ortho intramolecular Hbond substituents is 1. The van der Waals surface area contributed by atoms with Crippen LogP contribution in [0.25, 0.3) is 38.9 Å². The SMILES string of the molecule is C[Si](C)(c1[c-]c(-c2ccc3c4ccccc4n(-c4ccccc4O)c3n2)ccc1)c1ccccn1.[Pt]. The first-order valence-electron chi connectivity index (χ1n) is 11.7. The second kappa shape index (κ2) is 9.49. The maximum atomic E-state index is 10.7. The van der Waals surface area contributed by atoms with Crippen molar-refractivity contribution >= 4 is 40.5 Å². The zero-order valence-electron chi connectivity index (χ0n) is 19.9. The van der Waals surface area contributed by atoms with E-state index in [1.54, 1.807) is 6.07 Å². The zero-order chi connectivity index (χ0) is 24.0. The third-order valence-electron chi connectivity index (χ3n) is 6.69. The van der Waals surface area contributed by atoms with Gasteiger partial charge in [-0.05, 0) is 36.0 Å². The average Bonchev–Trinajstić information content (AvgIpc) is 3.23. The molecule has 0 saturated heterocycles. The number of hydrogen-bond donors (Lipinski definition) is 1. The molecule has 0 aliphatic heterocycles. The van der Waals surface area contributed by atoms with E-state index >= 15 is 0 Å². The number of benzene rings is 3. The van der Waals surface area contributed by atoms with E-state index in [-0.39, 0.29) is 26.8 Å². The molecule has 6 heteroatoms. The van der Waals surface area contributed by atoms with Crippen molar-refractivity contribution in [3.8, 4) is 22.7 Å². The third-order valence-corrected chi connectivity index (χ3v) is 9.91. The molecule has 6 rings (SSSR count). The van der Waals surface area contributed by atoms with Gasteiger partial charge in [0.25, 0.3) is 0 Å². The van der Waals surface area contributed by atoms with Crippen LogP contribution < -0.4 is 10.5 Å². The van der Waals surface area contributed by atoms with Gasteiger partial charge in [-0.3, -0.25) is 14.5 Å². The number of aromatic hydroxyl groups is 1.